The third kappa shape index (κ3) is 4.88. The minimum Gasteiger partial charge on any atom is -0.352 e. The second-order valence-electron chi connectivity index (χ2n) is 6.38. The van der Waals surface area contributed by atoms with E-state index in [1.54, 1.807) is 12.1 Å². The van der Waals surface area contributed by atoms with Crippen LogP contribution >= 0.6 is 27.7 Å². The van der Waals surface area contributed by atoms with E-state index in [0.29, 0.717) is 17.2 Å². The van der Waals surface area contributed by atoms with Gasteiger partial charge in [0.2, 0.25) is 5.91 Å². The number of halogens is 2. The number of rotatable bonds is 7. The molecule has 0 aromatic heterocycles. The number of benzene rings is 1. The van der Waals surface area contributed by atoms with Gasteiger partial charge in [-0.05, 0) is 31.0 Å². The number of carbonyl (C=O) groups is 2. The summed E-state index contributed by atoms with van der Waals surface area (Å²) in [5.41, 5.74) is 0.473. The molecule has 0 spiro atoms. The fraction of sp³-hybridized carbons (Fsp3) is 0.529. The van der Waals surface area contributed by atoms with E-state index in [1.807, 2.05) is 11.8 Å². The highest BCUT2D eigenvalue weighted by molar-refractivity contribution is 9.10. The van der Waals surface area contributed by atoms with Crippen LogP contribution in [0.2, 0.25) is 0 Å². The fourth-order valence-electron chi connectivity index (χ4n) is 3.24. The minimum atomic E-state index is -0.316. The Morgan fingerprint density at radius 2 is 2.20 bits per heavy atom. The van der Waals surface area contributed by atoms with Crippen molar-refractivity contribution >= 4 is 39.6 Å². The Labute approximate surface area is 159 Å². The molecule has 0 bridgehead atoms. The van der Waals surface area contributed by atoms with Crippen LogP contribution in [0.3, 0.4) is 0 Å². The summed E-state index contributed by atoms with van der Waals surface area (Å²) < 4.78 is 14.4. The maximum atomic E-state index is 13.6. The van der Waals surface area contributed by atoms with Crippen LogP contribution in [0.25, 0.3) is 0 Å². The lowest BCUT2D eigenvalue weighted by atomic mass is 10.0. The molecular weight excluding hydrogens is 409 g/mol. The molecule has 0 unspecified atom stereocenters. The topological polar surface area (TPSA) is 70.2 Å². The average Bonchev–Trinajstić information content (AvgIpc) is 3.12. The lowest BCUT2D eigenvalue weighted by Crippen LogP contribution is -2.36. The van der Waals surface area contributed by atoms with Gasteiger partial charge in [0.1, 0.15) is 5.82 Å². The first-order valence-corrected chi connectivity index (χ1v) is 10.3. The summed E-state index contributed by atoms with van der Waals surface area (Å²) in [7, 11) is 0. The Hall–Kier alpha value is -1.28. The van der Waals surface area contributed by atoms with E-state index in [9.17, 15) is 14.0 Å². The highest BCUT2D eigenvalue weighted by Gasteiger charge is 2.42. The molecule has 5 nitrogen and oxygen atoms in total. The van der Waals surface area contributed by atoms with Crippen LogP contribution < -0.4 is 16.0 Å². The molecule has 25 heavy (non-hydrogen) atoms. The van der Waals surface area contributed by atoms with Crippen LogP contribution in [0.1, 0.15) is 31.2 Å². The van der Waals surface area contributed by atoms with Crippen LogP contribution in [0.15, 0.2) is 22.7 Å². The molecule has 1 aromatic rings. The van der Waals surface area contributed by atoms with Crippen molar-refractivity contribution in [3.05, 3.63) is 34.1 Å². The summed E-state index contributed by atoms with van der Waals surface area (Å²) >= 11 is 5.18. The molecule has 2 heterocycles. The summed E-state index contributed by atoms with van der Waals surface area (Å²) in [4.78, 5) is 23.3. The van der Waals surface area contributed by atoms with Gasteiger partial charge in [0, 0.05) is 34.0 Å². The van der Waals surface area contributed by atoms with Crippen LogP contribution in [0, 0.1) is 5.82 Å². The first-order chi connectivity index (χ1) is 12.0. The second-order valence-corrected chi connectivity index (χ2v) is 8.57. The number of urea groups is 1. The first-order valence-electron chi connectivity index (χ1n) is 8.42. The van der Waals surface area contributed by atoms with Crippen LogP contribution in [-0.4, -0.2) is 35.0 Å². The van der Waals surface area contributed by atoms with E-state index in [2.05, 4.69) is 31.9 Å². The van der Waals surface area contributed by atoms with E-state index in [-0.39, 0.29) is 36.4 Å². The predicted molar refractivity (Wildman–Crippen MR) is 99.9 cm³/mol. The molecule has 3 atom stereocenters. The number of hydrogen-bond acceptors (Lipinski definition) is 3. The van der Waals surface area contributed by atoms with Gasteiger partial charge in [0.05, 0.1) is 12.1 Å². The monoisotopic (exact) mass is 429 g/mol. The molecule has 2 saturated heterocycles. The van der Waals surface area contributed by atoms with E-state index in [1.165, 1.54) is 6.07 Å². The van der Waals surface area contributed by atoms with Gasteiger partial charge in [-0.2, -0.15) is 11.8 Å². The smallest absolute Gasteiger partial charge is 0.315 e. The molecule has 136 valence electrons. The third-order valence-corrected chi connectivity index (χ3v) is 6.57. The average molecular weight is 430 g/mol. The molecule has 2 aliphatic rings. The van der Waals surface area contributed by atoms with Gasteiger partial charge in [-0.15, -0.1) is 0 Å². The molecule has 0 radical (unpaired) electrons. The third-order valence-electron chi connectivity index (χ3n) is 4.56. The molecule has 1 aromatic carbocycles. The van der Waals surface area contributed by atoms with Gasteiger partial charge in [-0.3, -0.25) is 4.79 Å². The lowest BCUT2D eigenvalue weighted by molar-refractivity contribution is -0.121. The van der Waals surface area contributed by atoms with Crippen LogP contribution in [0.4, 0.5) is 9.18 Å². The first kappa shape index (κ1) is 18.5. The van der Waals surface area contributed by atoms with E-state index in [0.717, 1.165) is 29.5 Å². The van der Waals surface area contributed by atoms with Gasteiger partial charge >= 0.3 is 6.03 Å². The summed E-state index contributed by atoms with van der Waals surface area (Å²) in [6.07, 6.45) is 3.16. The number of hydrogen-bond donors (Lipinski definition) is 3. The molecular formula is C17H21BrFN3O2S. The zero-order valence-electron chi connectivity index (χ0n) is 13.7. The molecule has 2 fully saturated rings. The van der Waals surface area contributed by atoms with E-state index < -0.39 is 0 Å². The van der Waals surface area contributed by atoms with Crippen molar-refractivity contribution < 1.29 is 14.0 Å². The van der Waals surface area contributed by atoms with Gasteiger partial charge in [0.25, 0.3) is 0 Å². The molecule has 8 heteroatoms. The zero-order valence-corrected chi connectivity index (χ0v) is 16.1. The number of fused-ring (bicyclic) bond motifs is 1. The quantitative estimate of drug-likeness (QED) is 0.460. The summed E-state index contributed by atoms with van der Waals surface area (Å²) in [6.45, 7) is 0.198. The predicted octanol–water partition coefficient (Wildman–Crippen LogP) is 2.93. The highest BCUT2D eigenvalue weighted by Crippen LogP contribution is 2.33. The number of thioether (sulfide) groups is 1. The van der Waals surface area contributed by atoms with Gasteiger partial charge < -0.3 is 16.0 Å². The van der Waals surface area contributed by atoms with Crippen molar-refractivity contribution in [2.75, 3.05) is 5.75 Å². The highest BCUT2D eigenvalue weighted by atomic mass is 79.9. The minimum absolute atomic E-state index is 0.0628. The van der Waals surface area contributed by atoms with Crippen LogP contribution in [0.5, 0.6) is 0 Å². The molecule has 0 aliphatic carbocycles. The van der Waals surface area contributed by atoms with Crippen molar-refractivity contribution in [1.29, 1.82) is 0 Å². The van der Waals surface area contributed by atoms with Gasteiger partial charge in [-0.1, -0.05) is 22.4 Å². The largest absolute Gasteiger partial charge is 0.352 e. The Balaban J connectivity index is 1.33. The summed E-state index contributed by atoms with van der Waals surface area (Å²) in [5, 5.41) is 9.09. The molecule has 3 amide bonds. The summed E-state index contributed by atoms with van der Waals surface area (Å²) in [5.74, 6) is 0.572. The zero-order chi connectivity index (χ0) is 17.8. The normalized spacial score (nSPS) is 24.6. The van der Waals surface area contributed by atoms with Gasteiger partial charge in [-0.25, -0.2) is 9.18 Å². The number of nitrogens with one attached hydrogen (secondary N) is 3. The standard InChI is InChI=1S/C17H21BrFN3O2S/c18-11-5-6-12(19)10(7-11)8-20-15(23)4-2-1-3-14-16-13(9-25-14)21-17(24)22-16/h5-7,13-14,16H,1-4,8-9H2,(H,20,23)(H2,21,22,24)/t13-,14-,16-/m0/s1. The molecule has 0 saturated carbocycles. The van der Waals surface area contributed by atoms with Crippen molar-refractivity contribution in [1.82, 2.24) is 16.0 Å². The Morgan fingerprint density at radius 1 is 1.36 bits per heavy atom. The van der Waals surface area contributed by atoms with Crippen molar-refractivity contribution in [2.45, 2.75) is 49.6 Å². The van der Waals surface area contributed by atoms with Crippen molar-refractivity contribution in [3.63, 3.8) is 0 Å². The van der Waals surface area contributed by atoms with Gasteiger partial charge in [0.15, 0.2) is 0 Å². The Kier molecular flexibility index (Phi) is 6.22. The van der Waals surface area contributed by atoms with E-state index >= 15 is 0 Å². The van der Waals surface area contributed by atoms with Crippen molar-refractivity contribution in [2.24, 2.45) is 0 Å². The van der Waals surface area contributed by atoms with Crippen LogP contribution in [-0.2, 0) is 11.3 Å². The molecule has 3 N–H and O–H groups in total. The van der Waals surface area contributed by atoms with Crippen molar-refractivity contribution in [3.8, 4) is 0 Å². The lowest BCUT2D eigenvalue weighted by Gasteiger charge is -2.16. The fourth-order valence-corrected chi connectivity index (χ4v) is 5.19. The molecule has 2 aliphatic heterocycles. The Bertz CT molecular complexity index is 661. The Morgan fingerprint density at radius 3 is 3.04 bits per heavy atom. The number of unbranched alkanes of at least 4 members (excludes halogenated alkanes) is 1. The molecule has 3 rings (SSSR count). The SMILES string of the molecule is O=C(CCCC[C@@H]1SC[C@@H]2NC(=O)N[C@@H]21)NCc1cc(Br)ccc1F. The van der Waals surface area contributed by atoms with E-state index in [4.69, 9.17) is 0 Å². The second kappa shape index (κ2) is 8.40. The maximum Gasteiger partial charge on any atom is 0.315 e. The number of amides is 3. The number of carbonyl (C=O) groups excluding carboxylic acids is 2. The maximum absolute atomic E-state index is 13.6. The summed E-state index contributed by atoms with van der Waals surface area (Å²) in [6, 6.07) is 5.08.